The molecule has 3 rings (SSSR count). The zero-order valence-corrected chi connectivity index (χ0v) is 10.9. The van der Waals surface area contributed by atoms with Gasteiger partial charge in [0.2, 0.25) is 5.91 Å². The van der Waals surface area contributed by atoms with E-state index in [-0.39, 0.29) is 17.1 Å². The second-order valence-electron chi connectivity index (χ2n) is 3.79. The molecule has 2 heterocycles. The average Bonchev–Trinajstić information content (AvgIpc) is 2.99. The van der Waals surface area contributed by atoms with E-state index in [0.717, 1.165) is 5.56 Å². The summed E-state index contributed by atoms with van der Waals surface area (Å²) in [5.41, 5.74) is 0.919. The number of aromatic nitrogens is 1. The number of halogens is 1. The summed E-state index contributed by atoms with van der Waals surface area (Å²) in [6, 6.07) is 6.26. The Morgan fingerprint density at radius 3 is 2.78 bits per heavy atom. The summed E-state index contributed by atoms with van der Waals surface area (Å²) < 4.78 is 12.9. The molecular formula is C12H9FN2OS2. The van der Waals surface area contributed by atoms with Gasteiger partial charge in [-0.1, -0.05) is 12.1 Å². The lowest BCUT2D eigenvalue weighted by atomic mass is 10.2. The van der Waals surface area contributed by atoms with Gasteiger partial charge in [0.25, 0.3) is 0 Å². The number of anilines is 1. The summed E-state index contributed by atoms with van der Waals surface area (Å²) in [6.45, 7) is 0. The van der Waals surface area contributed by atoms with Gasteiger partial charge < -0.3 is 0 Å². The van der Waals surface area contributed by atoms with Gasteiger partial charge in [-0.3, -0.25) is 9.69 Å². The van der Waals surface area contributed by atoms with Crippen LogP contribution in [0.4, 0.5) is 9.52 Å². The highest BCUT2D eigenvalue weighted by Gasteiger charge is 2.35. The van der Waals surface area contributed by atoms with Crippen LogP contribution in [0.25, 0.3) is 0 Å². The number of thiazole rings is 1. The predicted molar refractivity (Wildman–Crippen MR) is 71.2 cm³/mol. The molecule has 1 atom stereocenters. The molecule has 1 aromatic heterocycles. The molecule has 0 aliphatic carbocycles. The van der Waals surface area contributed by atoms with Crippen LogP contribution in [0.1, 0.15) is 10.9 Å². The minimum Gasteiger partial charge on any atom is -0.273 e. The van der Waals surface area contributed by atoms with Crippen LogP contribution < -0.4 is 4.90 Å². The van der Waals surface area contributed by atoms with E-state index in [1.165, 1.54) is 35.2 Å². The Hall–Kier alpha value is -1.40. The van der Waals surface area contributed by atoms with Crippen molar-refractivity contribution in [3.63, 3.8) is 0 Å². The van der Waals surface area contributed by atoms with Gasteiger partial charge in [-0.05, 0) is 17.7 Å². The Morgan fingerprint density at radius 1 is 1.33 bits per heavy atom. The third kappa shape index (κ3) is 2.02. The quantitative estimate of drug-likeness (QED) is 0.847. The monoisotopic (exact) mass is 280 g/mol. The van der Waals surface area contributed by atoms with Crippen LogP contribution in [0.15, 0.2) is 35.8 Å². The van der Waals surface area contributed by atoms with Crippen molar-refractivity contribution in [1.82, 2.24) is 4.98 Å². The zero-order valence-electron chi connectivity index (χ0n) is 9.25. The molecule has 2 aromatic rings. The van der Waals surface area contributed by atoms with E-state index in [1.807, 2.05) is 5.38 Å². The number of rotatable bonds is 2. The van der Waals surface area contributed by atoms with Crippen molar-refractivity contribution in [2.24, 2.45) is 0 Å². The van der Waals surface area contributed by atoms with Crippen LogP contribution in [0.5, 0.6) is 0 Å². The van der Waals surface area contributed by atoms with Crippen molar-refractivity contribution in [2.45, 2.75) is 5.37 Å². The Kier molecular flexibility index (Phi) is 3.05. The molecule has 0 bridgehead atoms. The standard InChI is InChI=1S/C12H9FN2OS2/c13-9-3-1-8(2-4-9)11-15(10(16)7-18-11)12-14-5-6-17-12/h1-6,11H,7H2/t11-/m0/s1. The van der Waals surface area contributed by atoms with E-state index in [1.54, 1.807) is 23.2 Å². The maximum atomic E-state index is 12.9. The van der Waals surface area contributed by atoms with Crippen LogP contribution in [0.3, 0.4) is 0 Å². The average molecular weight is 280 g/mol. The van der Waals surface area contributed by atoms with Crippen LogP contribution in [-0.2, 0) is 4.79 Å². The van der Waals surface area contributed by atoms with Gasteiger partial charge >= 0.3 is 0 Å². The number of carbonyl (C=O) groups excluding carboxylic acids is 1. The second kappa shape index (κ2) is 4.70. The highest BCUT2D eigenvalue weighted by Crippen LogP contribution is 2.42. The highest BCUT2D eigenvalue weighted by molar-refractivity contribution is 8.00. The van der Waals surface area contributed by atoms with Gasteiger partial charge in [0.1, 0.15) is 11.2 Å². The van der Waals surface area contributed by atoms with Gasteiger partial charge in [-0.15, -0.1) is 23.1 Å². The molecule has 0 saturated carbocycles. The van der Waals surface area contributed by atoms with Gasteiger partial charge in [-0.2, -0.15) is 0 Å². The second-order valence-corrected chi connectivity index (χ2v) is 5.73. The predicted octanol–water partition coefficient (Wildman–Crippen LogP) is 3.06. The largest absolute Gasteiger partial charge is 0.273 e. The number of hydrogen-bond donors (Lipinski definition) is 0. The molecular weight excluding hydrogens is 271 g/mol. The number of benzene rings is 1. The molecule has 1 aliphatic heterocycles. The van der Waals surface area contributed by atoms with E-state index in [9.17, 15) is 9.18 Å². The van der Waals surface area contributed by atoms with Crippen molar-refractivity contribution in [3.8, 4) is 0 Å². The van der Waals surface area contributed by atoms with Crippen molar-refractivity contribution in [1.29, 1.82) is 0 Å². The van der Waals surface area contributed by atoms with Gasteiger partial charge in [0.15, 0.2) is 5.13 Å². The zero-order chi connectivity index (χ0) is 12.5. The summed E-state index contributed by atoms with van der Waals surface area (Å²) in [7, 11) is 0. The first-order valence-corrected chi connectivity index (χ1v) is 7.27. The first kappa shape index (κ1) is 11.7. The molecule has 18 heavy (non-hydrogen) atoms. The Labute approximate surface area is 112 Å². The van der Waals surface area contributed by atoms with Gasteiger partial charge in [0, 0.05) is 11.6 Å². The van der Waals surface area contributed by atoms with E-state index >= 15 is 0 Å². The van der Waals surface area contributed by atoms with E-state index in [0.29, 0.717) is 10.9 Å². The SMILES string of the molecule is O=C1CS[C@@H](c2ccc(F)cc2)N1c1nccs1. The fraction of sp³-hybridized carbons (Fsp3) is 0.167. The number of amides is 1. The van der Waals surface area contributed by atoms with Crippen molar-refractivity contribution < 1.29 is 9.18 Å². The molecule has 0 unspecified atom stereocenters. The fourth-order valence-electron chi connectivity index (χ4n) is 1.84. The van der Waals surface area contributed by atoms with E-state index < -0.39 is 0 Å². The maximum absolute atomic E-state index is 12.9. The number of nitrogens with zero attached hydrogens (tertiary/aromatic N) is 2. The van der Waals surface area contributed by atoms with Crippen LogP contribution in [0, 0.1) is 5.82 Å². The Morgan fingerprint density at radius 2 is 2.11 bits per heavy atom. The van der Waals surface area contributed by atoms with Crippen LogP contribution in [0.2, 0.25) is 0 Å². The molecule has 6 heteroatoms. The molecule has 1 fully saturated rings. The number of thioether (sulfide) groups is 1. The first-order valence-electron chi connectivity index (χ1n) is 5.34. The van der Waals surface area contributed by atoms with Crippen molar-refractivity contribution in [2.75, 3.05) is 10.7 Å². The summed E-state index contributed by atoms with van der Waals surface area (Å²) in [5, 5.41) is 2.43. The van der Waals surface area contributed by atoms with Crippen LogP contribution >= 0.6 is 23.1 Å². The third-order valence-corrected chi connectivity index (χ3v) is 4.63. The summed E-state index contributed by atoms with van der Waals surface area (Å²) in [5.74, 6) is 0.208. The van der Waals surface area contributed by atoms with Gasteiger partial charge in [-0.25, -0.2) is 9.37 Å². The minimum atomic E-state index is -0.270. The fourth-order valence-corrected chi connectivity index (χ4v) is 3.75. The molecule has 3 nitrogen and oxygen atoms in total. The van der Waals surface area contributed by atoms with E-state index in [2.05, 4.69) is 4.98 Å². The third-order valence-electron chi connectivity index (χ3n) is 2.65. The minimum absolute atomic E-state index is 0.0456. The smallest absolute Gasteiger partial charge is 0.240 e. The summed E-state index contributed by atoms with van der Waals surface area (Å²) >= 11 is 2.97. The normalized spacial score (nSPS) is 19.5. The summed E-state index contributed by atoms with van der Waals surface area (Å²) in [4.78, 5) is 17.8. The van der Waals surface area contributed by atoms with Crippen LogP contribution in [-0.4, -0.2) is 16.6 Å². The van der Waals surface area contributed by atoms with Crippen molar-refractivity contribution in [3.05, 3.63) is 47.2 Å². The molecule has 0 N–H and O–H groups in total. The molecule has 0 spiro atoms. The van der Waals surface area contributed by atoms with Crippen molar-refractivity contribution >= 4 is 34.1 Å². The molecule has 1 saturated heterocycles. The number of hydrogen-bond acceptors (Lipinski definition) is 4. The Bertz CT molecular complexity index is 556. The van der Waals surface area contributed by atoms with E-state index in [4.69, 9.17) is 0 Å². The topological polar surface area (TPSA) is 33.2 Å². The lowest BCUT2D eigenvalue weighted by Gasteiger charge is -2.21. The molecule has 1 aliphatic rings. The Balaban J connectivity index is 1.96. The first-order chi connectivity index (χ1) is 8.75. The lowest BCUT2D eigenvalue weighted by molar-refractivity contribution is -0.115. The molecule has 0 radical (unpaired) electrons. The lowest BCUT2D eigenvalue weighted by Crippen LogP contribution is -2.27. The van der Waals surface area contributed by atoms with Gasteiger partial charge in [0.05, 0.1) is 5.75 Å². The molecule has 1 aromatic carbocycles. The highest BCUT2D eigenvalue weighted by atomic mass is 32.2. The molecule has 1 amide bonds. The molecule has 92 valence electrons. The number of carbonyl (C=O) groups is 1. The summed E-state index contributed by atoms with van der Waals surface area (Å²) in [6.07, 6.45) is 1.68. The maximum Gasteiger partial charge on any atom is 0.240 e.